The van der Waals surface area contributed by atoms with E-state index in [1.807, 2.05) is 24.3 Å². The van der Waals surface area contributed by atoms with Crippen LogP contribution in [0.25, 0.3) is 11.0 Å². The Hall–Kier alpha value is -2.69. The van der Waals surface area contributed by atoms with Crippen LogP contribution in [0, 0.1) is 5.82 Å². The average molecular weight is 311 g/mol. The van der Waals surface area contributed by atoms with Crippen molar-refractivity contribution in [1.29, 1.82) is 0 Å². The number of nitrogens with zero attached hydrogens (tertiary/aromatic N) is 2. The number of carbonyl (C=O) groups is 1. The lowest BCUT2D eigenvalue weighted by Gasteiger charge is -2.09. The lowest BCUT2D eigenvalue weighted by molar-refractivity contribution is 0.0945. The molecule has 1 heterocycles. The SMILES string of the molecule is CCCn1c(CNC(=O)c2ccccc2F)nc2ccccc21. The summed E-state index contributed by atoms with van der Waals surface area (Å²) in [5.41, 5.74) is 1.99. The summed E-state index contributed by atoms with van der Waals surface area (Å²) in [6.07, 6.45) is 0.967. The molecule has 118 valence electrons. The molecule has 0 saturated carbocycles. The van der Waals surface area contributed by atoms with Gasteiger partial charge in [0.05, 0.1) is 23.1 Å². The van der Waals surface area contributed by atoms with Gasteiger partial charge in [-0.3, -0.25) is 4.79 Å². The highest BCUT2D eigenvalue weighted by atomic mass is 19.1. The van der Waals surface area contributed by atoms with Crippen molar-refractivity contribution in [3.63, 3.8) is 0 Å². The van der Waals surface area contributed by atoms with Gasteiger partial charge in [-0.15, -0.1) is 0 Å². The molecule has 0 fully saturated rings. The molecule has 0 spiro atoms. The van der Waals surface area contributed by atoms with Gasteiger partial charge in [0.15, 0.2) is 0 Å². The molecule has 2 aromatic carbocycles. The van der Waals surface area contributed by atoms with E-state index < -0.39 is 11.7 Å². The first-order valence-corrected chi connectivity index (χ1v) is 7.67. The van der Waals surface area contributed by atoms with Crippen LogP contribution in [-0.4, -0.2) is 15.5 Å². The summed E-state index contributed by atoms with van der Waals surface area (Å²) in [5, 5.41) is 2.75. The number of nitrogens with one attached hydrogen (secondary N) is 1. The highest BCUT2D eigenvalue weighted by molar-refractivity contribution is 5.94. The molecule has 1 aromatic heterocycles. The third kappa shape index (κ3) is 3.08. The second kappa shape index (κ2) is 6.60. The number of imidazole rings is 1. The highest BCUT2D eigenvalue weighted by Crippen LogP contribution is 2.16. The number of aryl methyl sites for hydroxylation is 1. The zero-order valence-electron chi connectivity index (χ0n) is 12.9. The van der Waals surface area contributed by atoms with Gasteiger partial charge in [0, 0.05) is 6.54 Å². The molecule has 0 aliphatic rings. The van der Waals surface area contributed by atoms with E-state index in [-0.39, 0.29) is 12.1 Å². The first-order chi connectivity index (χ1) is 11.2. The molecule has 0 atom stereocenters. The van der Waals surface area contributed by atoms with Crippen LogP contribution in [0.2, 0.25) is 0 Å². The Bertz CT molecular complexity index is 841. The molecular formula is C18H18FN3O. The van der Waals surface area contributed by atoms with Crippen LogP contribution in [0.4, 0.5) is 4.39 Å². The zero-order chi connectivity index (χ0) is 16.2. The van der Waals surface area contributed by atoms with Gasteiger partial charge >= 0.3 is 0 Å². The van der Waals surface area contributed by atoms with Crippen molar-refractivity contribution < 1.29 is 9.18 Å². The van der Waals surface area contributed by atoms with Gasteiger partial charge in [0.2, 0.25) is 0 Å². The number of benzene rings is 2. The van der Waals surface area contributed by atoms with Crippen molar-refractivity contribution in [2.75, 3.05) is 0 Å². The number of aromatic nitrogens is 2. The molecule has 23 heavy (non-hydrogen) atoms. The summed E-state index contributed by atoms with van der Waals surface area (Å²) in [4.78, 5) is 16.7. The smallest absolute Gasteiger partial charge is 0.254 e. The molecule has 1 N–H and O–H groups in total. The van der Waals surface area contributed by atoms with E-state index in [9.17, 15) is 9.18 Å². The van der Waals surface area contributed by atoms with Gasteiger partial charge in [-0.1, -0.05) is 31.2 Å². The van der Waals surface area contributed by atoms with E-state index in [0.717, 1.165) is 29.8 Å². The van der Waals surface area contributed by atoms with Crippen molar-refractivity contribution in [1.82, 2.24) is 14.9 Å². The van der Waals surface area contributed by atoms with Crippen molar-refractivity contribution in [3.05, 3.63) is 65.7 Å². The summed E-state index contributed by atoms with van der Waals surface area (Å²) in [5.74, 6) is -0.178. The largest absolute Gasteiger partial charge is 0.345 e. The minimum Gasteiger partial charge on any atom is -0.345 e. The maximum Gasteiger partial charge on any atom is 0.254 e. The number of para-hydroxylation sites is 2. The van der Waals surface area contributed by atoms with E-state index in [0.29, 0.717) is 0 Å². The second-order valence-electron chi connectivity index (χ2n) is 5.33. The topological polar surface area (TPSA) is 46.9 Å². The first-order valence-electron chi connectivity index (χ1n) is 7.67. The number of hydrogen-bond acceptors (Lipinski definition) is 2. The Morgan fingerprint density at radius 3 is 2.70 bits per heavy atom. The lowest BCUT2D eigenvalue weighted by atomic mass is 10.2. The molecule has 0 aliphatic carbocycles. The predicted molar refractivity (Wildman–Crippen MR) is 87.6 cm³/mol. The second-order valence-corrected chi connectivity index (χ2v) is 5.33. The fourth-order valence-electron chi connectivity index (χ4n) is 2.63. The van der Waals surface area contributed by atoms with Gasteiger partial charge in [-0.2, -0.15) is 0 Å². The molecule has 3 aromatic rings. The summed E-state index contributed by atoms with van der Waals surface area (Å²) >= 11 is 0. The monoisotopic (exact) mass is 311 g/mol. The number of rotatable bonds is 5. The van der Waals surface area contributed by atoms with Crippen molar-refractivity contribution >= 4 is 16.9 Å². The number of fused-ring (bicyclic) bond motifs is 1. The van der Waals surface area contributed by atoms with Gasteiger partial charge < -0.3 is 9.88 Å². The molecule has 0 unspecified atom stereocenters. The van der Waals surface area contributed by atoms with Crippen LogP contribution < -0.4 is 5.32 Å². The normalized spacial score (nSPS) is 10.9. The minimum atomic E-state index is -0.521. The Labute approximate surface area is 134 Å². The van der Waals surface area contributed by atoms with Crippen LogP contribution in [0.15, 0.2) is 48.5 Å². The van der Waals surface area contributed by atoms with Crippen LogP contribution >= 0.6 is 0 Å². The van der Waals surface area contributed by atoms with Crippen LogP contribution in [0.1, 0.15) is 29.5 Å². The summed E-state index contributed by atoms with van der Waals surface area (Å²) in [7, 11) is 0. The summed E-state index contributed by atoms with van der Waals surface area (Å²) in [6, 6.07) is 13.8. The number of hydrogen-bond donors (Lipinski definition) is 1. The molecule has 0 bridgehead atoms. The van der Waals surface area contributed by atoms with Crippen LogP contribution in [0.5, 0.6) is 0 Å². The minimum absolute atomic E-state index is 0.0469. The first kappa shape index (κ1) is 15.2. The van der Waals surface area contributed by atoms with E-state index in [1.165, 1.54) is 12.1 Å². The van der Waals surface area contributed by atoms with Gasteiger partial charge in [-0.05, 0) is 30.7 Å². The standard InChI is InChI=1S/C18H18FN3O/c1-2-11-22-16-10-6-5-9-15(16)21-17(22)12-20-18(23)13-7-3-4-8-14(13)19/h3-10H,2,11-12H2,1H3,(H,20,23). The molecule has 0 saturated heterocycles. The predicted octanol–water partition coefficient (Wildman–Crippen LogP) is 3.52. The quantitative estimate of drug-likeness (QED) is 0.784. The summed E-state index contributed by atoms with van der Waals surface area (Å²) in [6.45, 7) is 3.18. The van der Waals surface area contributed by atoms with E-state index >= 15 is 0 Å². The number of carbonyl (C=O) groups excluding carboxylic acids is 1. The Kier molecular flexibility index (Phi) is 4.37. The molecule has 1 amide bonds. The van der Waals surface area contributed by atoms with Crippen LogP contribution in [0.3, 0.4) is 0 Å². The van der Waals surface area contributed by atoms with Gasteiger partial charge in [0.1, 0.15) is 11.6 Å². The number of amides is 1. The van der Waals surface area contributed by atoms with Crippen molar-refractivity contribution in [2.24, 2.45) is 0 Å². The fourth-order valence-corrected chi connectivity index (χ4v) is 2.63. The molecule has 5 heteroatoms. The molecule has 0 radical (unpaired) electrons. The number of halogens is 1. The van der Waals surface area contributed by atoms with Gasteiger partial charge in [-0.25, -0.2) is 9.37 Å². The Balaban J connectivity index is 1.83. The fraction of sp³-hybridized carbons (Fsp3) is 0.222. The molecule has 3 rings (SSSR count). The van der Waals surface area contributed by atoms with Crippen molar-refractivity contribution in [3.8, 4) is 0 Å². The lowest BCUT2D eigenvalue weighted by Crippen LogP contribution is -2.25. The maximum atomic E-state index is 13.7. The van der Waals surface area contributed by atoms with E-state index in [1.54, 1.807) is 12.1 Å². The Morgan fingerprint density at radius 1 is 1.17 bits per heavy atom. The van der Waals surface area contributed by atoms with Crippen molar-refractivity contribution in [2.45, 2.75) is 26.4 Å². The third-order valence-corrected chi connectivity index (χ3v) is 3.71. The average Bonchev–Trinajstić information content (AvgIpc) is 2.91. The highest BCUT2D eigenvalue weighted by Gasteiger charge is 2.13. The summed E-state index contributed by atoms with van der Waals surface area (Å²) < 4.78 is 15.7. The van der Waals surface area contributed by atoms with Crippen LogP contribution in [-0.2, 0) is 13.1 Å². The molecular weight excluding hydrogens is 293 g/mol. The Morgan fingerprint density at radius 2 is 1.91 bits per heavy atom. The molecule has 4 nitrogen and oxygen atoms in total. The third-order valence-electron chi connectivity index (χ3n) is 3.71. The zero-order valence-corrected chi connectivity index (χ0v) is 12.9. The van der Waals surface area contributed by atoms with E-state index in [4.69, 9.17) is 0 Å². The maximum absolute atomic E-state index is 13.7. The molecule has 0 aliphatic heterocycles. The van der Waals surface area contributed by atoms with E-state index in [2.05, 4.69) is 21.8 Å². The van der Waals surface area contributed by atoms with Gasteiger partial charge in [0.25, 0.3) is 5.91 Å².